The molecule has 164 valence electrons. The van der Waals surface area contributed by atoms with Crippen molar-refractivity contribution in [3.63, 3.8) is 0 Å². The highest BCUT2D eigenvalue weighted by atomic mass is 19.4. The van der Waals surface area contributed by atoms with E-state index >= 15 is 0 Å². The van der Waals surface area contributed by atoms with Crippen LogP contribution in [0.3, 0.4) is 0 Å². The standard InChI is InChI=1S/C22H18F3N5O2/c23-22(24,25)16-9-10-18(30-14-26-13-28-30)17(11-16)29-20(31)7-4-8-21-27-12-19(32-21)15-5-2-1-3-6-15/h1-3,5-6,9-14H,4,7-8H2,(H,29,31). The molecule has 0 spiro atoms. The molecule has 4 aromatic rings. The second-order valence-electron chi connectivity index (χ2n) is 6.96. The number of nitrogens with zero attached hydrogens (tertiary/aromatic N) is 4. The van der Waals surface area contributed by atoms with E-state index < -0.39 is 17.6 Å². The van der Waals surface area contributed by atoms with Gasteiger partial charge in [0.25, 0.3) is 0 Å². The van der Waals surface area contributed by atoms with Crippen LogP contribution in [0.1, 0.15) is 24.3 Å². The number of alkyl halides is 3. The molecule has 0 radical (unpaired) electrons. The first-order valence-electron chi connectivity index (χ1n) is 9.76. The smallest absolute Gasteiger partial charge is 0.416 e. The summed E-state index contributed by atoms with van der Waals surface area (Å²) in [5.74, 6) is 0.686. The van der Waals surface area contributed by atoms with Gasteiger partial charge in [-0.3, -0.25) is 4.79 Å². The van der Waals surface area contributed by atoms with Gasteiger partial charge in [0, 0.05) is 18.4 Å². The second-order valence-corrected chi connectivity index (χ2v) is 6.96. The van der Waals surface area contributed by atoms with Crippen LogP contribution in [0.4, 0.5) is 18.9 Å². The van der Waals surface area contributed by atoms with Crippen molar-refractivity contribution < 1.29 is 22.4 Å². The zero-order chi connectivity index (χ0) is 22.6. The molecule has 1 amide bonds. The van der Waals surface area contributed by atoms with E-state index in [1.165, 1.54) is 23.4 Å². The van der Waals surface area contributed by atoms with Crippen molar-refractivity contribution >= 4 is 11.6 Å². The summed E-state index contributed by atoms with van der Waals surface area (Å²) in [5, 5.41) is 6.48. The summed E-state index contributed by atoms with van der Waals surface area (Å²) in [5.41, 5.74) is 0.306. The highest BCUT2D eigenvalue weighted by molar-refractivity contribution is 5.93. The van der Waals surface area contributed by atoms with Crippen LogP contribution in [0.15, 0.2) is 71.8 Å². The van der Waals surface area contributed by atoms with Gasteiger partial charge in [-0.1, -0.05) is 30.3 Å². The molecule has 1 N–H and O–H groups in total. The van der Waals surface area contributed by atoms with Crippen LogP contribution < -0.4 is 5.32 Å². The van der Waals surface area contributed by atoms with E-state index in [9.17, 15) is 18.0 Å². The van der Waals surface area contributed by atoms with E-state index in [1.54, 1.807) is 6.20 Å². The molecule has 2 aromatic heterocycles. The molecule has 0 unspecified atom stereocenters. The monoisotopic (exact) mass is 441 g/mol. The van der Waals surface area contributed by atoms with Crippen LogP contribution in [0.5, 0.6) is 0 Å². The molecule has 7 nitrogen and oxygen atoms in total. The van der Waals surface area contributed by atoms with Gasteiger partial charge in [-0.2, -0.15) is 18.3 Å². The lowest BCUT2D eigenvalue weighted by atomic mass is 10.1. The lowest BCUT2D eigenvalue weighted by molar-refractivity contribution is -0.137. The van der Waals surface area contributed by atoms with Gasteiger partial charge in [0.15, 0.2) is 11.7 Å². The third kappa shape index (κ3) is 5.02. The molecule has 0 atom stereocenters. The lowest BCUT2D eigenvalue weighted by Gasteiger charge is -2.14. The van der Waals surface area contributed by atoms with Crippen LogP contribution in [0, 0.1) is 0 Å². The maximum absolute atomic E-state index is 13.1. The number of anilines is 1. The second kappa shape index (κ2) is 9.04. The summed E-state index contributed by atoms with van der Waals surface area (Å²) in [6.45, 7) is 0. The van der Waals surface area contributed by atoms with Gasteiger partial charge in [0.05, 0.1) is 23.1 Å². The molecule has 2 heterocycles. The Kier molecular flexibility index (Phi) is 6.02. The minimum Gasteiger partial charge on any atom is -0.441 e. The Hall–Kier alpha value is -3.95. The lowest BCUT2D eigenvalue weighted by Crippen LogP contribution is -2.15. The third-order valence-electron chi connectivity index (χ3n) is 4.67. The van der Waals surface area contributed by atoms with Crippen molar-refractivity contribution in [2.75, 3.05) is 5.32 Å². The van der Waals surface area contributed by atoms with Gasteiger partial charge in [-0.05, 0) is 24.6 Å². The van der Waals surface area contributed by atoms with Crippen molar-refractivity contribution in [3.8, 4) is 17.0 Å². The van der Waals surface area contributed by atoms with Gasteiger partial charge >= 0.3 is 6.18 Å². The highest BCUT2D eigenvalue weighted by Crippen LogP contribution is 2.33. The molecule has 10 heteroatoms. The number of benzene rings is 2. The summed E-state index contributed by atoms with van der Waals surface area (Å²) in [6.07, 6.45) is 0.584. The number of amides is 1. The topological polar surface area (TPSA) is 85.8 Å². The Balaban J connectivity index is 1.40. The summed E-state index contributed by atoms with van der Waals surface area (Å²) >= 11 is 0. The van der Waals surface area contributed by atoms with Crippen molar-refractivity contribution in [3.05, 3.63) is 78.8 Å². The average molecular weight is 441 g/mol. The van der Waals surface area contributed by atoms with E-state index in [2.05, 4.69) is 20.4 Å². The molecular weight excluding hydrogens is 423 g/mol. The molecule has 4 rings (SSSR count). The number of nitrogens with one attached hydrogen (secondary N) is 1. The number of carbonyl (C=O) groups is 1. The van der Waals surface area contributed by atoms with Gasteiger partial charge in [-0.25, -0.2) is 14.6 Å². The summed E-state index contributed by atoms with van der Waals surface area (Å²) in [4.78, 5) is 20.4. The molecular formula is C22H18F3N5O2. The van der Waals surface area contributed by atoms with Gasteiger partial charge in [0.2, 0.25) is 5.91 Å². The molecule has 2 aromatic carbocycles. The first-order chi connectivity index (χ1) is 15.4. The SMILES string of the molecule is O=C(CCCc1ncc(-c2ccccc2)o1)Nc1cc(C(F)(F)F)ccc1-n1cncn1. The Bertz CT molecular complexity index is 1190. The first-order valence-corrected chi connectivity index (χ1v) is 9.76. The zero-order valence-corrected chi connectivity index (χ0v) is 16.7. The average Bonchev–Trinajstić information content (AvgIpc) is 3.46. The van der Waals surface area contributed by atoms with Crippen molar-refractivity contribution in [1.82, 2.24) is 19.7 Å². The summed E-state index contributed by atoms with van der Waals surface area (Å²) in [6, 6.07) is 12.5. The fraction of sp³-hybridized carbons (Fsp3) is 0.182. The molecule has 0 aliphatic rings. The number of halogens is 3. The Morgan fingerprint density at radius 1 is 1.12 bits per heavy atom. The van der Waals surface area contributed by atoms with E-state index in [0.717, 1.165) is 17.7 Å². The molecule has 0 aliphatic carbocycles. The van der Waals surface area contributed by atoms with Crippen molar-refractivity contribution in [1.29, 1.82) is 0 Å². The largest absolute Gasteiger partial charge is 0.441 e. The van der Waals surface area contributed by atoms with Gasteiger partial charge in [0.1, 0.15) is 12.7 Å². The van der Waals surface area contributed by atoms with Gasteiger partial charge < -0.3 is 9.73 Å². The van der Waals surface area contributed by atoms with E-state index in [0.29, 0.717) is 24.5 Å². The van der Waals surface area contributed by atoms with Crippen LogP contribution in [-0.2, 0) is 17.4 Å². The quantitative estimate of drug-likeness (QED) is 0.441. The summed E-state index contributed by atoms with van der Waals surface area (Å²) in [7, 11) is 0. The highest BCUT2D eigenvalue weighted by Gasteiger charge is 2.31. The van der Waals surface area contributed by atoms with Crippen molar-refractivity contribution in [2.24, 2.45) is 0 Å². The number of oxazole rings is 1. The Morgan fingerprint density at radius 3 is 2.66 bits per heavy atom. The Labute approximate surface area is 180 Å². The molecule has 0 fully saturated rings. The van der Waals surface area contributed by atoms with E-state index in [4.69, 9.17) is 4.42 Å². The molecule has 0 saturated heterocycles. The van der Waals surface area contributed by atoms with Crippen LogP contribution in [0.2, 0.25) is 0 Å². The van der Waals surface area contributed by atoms with Gasteiger partial charge in [-0.15, -0.1) is 0 Å². The number of carbonyl (C=O) groups excluding carboxylic acids is 1. The number of aryl methyl sites for hydroxylation is 1. The minimum atomic E-state index is -4.54. The van der Waals surface area contributed by atoms with E-state index in [-0.39, 0.29) is 17.8 Å². The summed E-state index contributed by atoms with van der Waals surface area (Å²) < 4.78 is 46.4. The third-order valence-corrected chi connectivity index (χ3v) is 4.67. The maximum Gasteiger partial charge on any atom is 0.416 e. The normalized spacial score (nSPS) is 11.5. The molecule has 32 heavy (non-hydrogen) atoms. The fourth-order valence-corrected chi connectivity index (χ4v) is 3.12. The first kappa shape index (κ1) is 21.3. The number of hydrogen-bond donors (Lipinski definition) is 1. The maximum atomic E-state index is 13.1. The zero-order valence-electron chi connectivity index (χ0n) is 16.7. The molecule has 0 aliphatic heterocycles. The number of rotatable bonds is 7. The van der Waals surface area contributed by atoms with Crippen molar-refractivity contribution in [2.45, 2.75) is 25.4 Å². The van der Waals surface area contributed by atoms with Crippen LogP contribution >= 0.6 is 0 Å². The van der Waals surface area contributed by atoms with Crippen LogP contribution in [-0.4, -0.2) is 25.7 Å². The minimum absolute atomic E-state index is 0.00203. The fourth-order valence-electron chi connectivity index (χ4n) is 3.12. The van der Waals surface area contributed by atoms with Crippen LogP contribution in [0.25, 0.3) is 17.0 Å². The predicted molar refractivity (Wildman–Crippen MR) is 110 cm³/mol. The number of aromatic nitrogens is 4. The number of hydrogen-bond acceptors (Lipinski definition) is 5. The predicted octanol–water partition coefficient (Wildman–Crippen LogP) is 4.90. The Morgan fingerprint density at radius 2 is 1.94 bits per heavy atom. The molecule has 0 saturated carbocycles. The molecule has 0 bridgehead atoms. The van der Waals surface area contributed by atoms with E-state index in [1.807, 2.05) is 30.3 Å².